The summed E-state index contributed by atoms with van der Waals surface area (Å²) in [7, 11) is 0. The predicted molar refractivity (Wildman–Crippen MR) is 96.0 cm³/mol. The number of nitrogens with zero attached hydrogens (tertiary/aromatic N) is 1. The maximum atomic E-state index is 4.74. The molecule has 0 saturated heterocycles. The highest BCUT2D eigenvalue weighted by Crippen LogP contribution is 2.29. The minimum Gasteiger partial charge on any atom is -0.253 e. The molecule has 3 rings (SSSR count). The van der Waals surface area contributed by atoms with Crippen molar-refractivity contribution in [3.8, 4) is 0 Å². The third kappa shape index (κ3) is 3.35. The van der Waals surface area contributed by atoms with Gasteiger partial charge in [0, 0.05) is 26.8 Å². The Morgan fingerprint density at radius 2 is 1.86 bits per heavy atom. The van der Waals surface area contributed by atoms with E-state index in [-0.39, 0.29) is 4.83 Å². The third-order valence-electron chi connectivity index (χ3n) is 3.59. The summed E-state index contributed by atoms with van der Waals surface area (Å²) < 4.78 is 1.15. The minimum absolute atomic E-state index is 0.276. The van der Waals surface area contributed by atoms with E-state index in [4.69, 9.17) is 4.98 Å². The molecule has 1 atom stereocenters. The predicted octanol–water partition coefficient (Wildman–Crippen LogP) is 5.98. The fourth-order valence-corrected chi connectivity index (χ4v) is 3.25. The highest BCUT2D eigenvalue weighted by molar-refractivity contribution is 9.10. The molecule has 0 radical (unpaired) electrons. The van der Waals surface area contributed by atoms with Gasteiger partial charge >= 0.3 is 0 Å². The standard InChI is InChI=1S/C18H15Br2N/c1-12-10-14(7-9-16(12)19)17(20)11-15-8-6-13-4-2-3-5-18(13)21-15/h2-10,17H,11H2,1H3. The van der Waals surface area contributed by atoms with Crippen molar-refractivity contribution in [2.24, 2.45) is 0 Å². The Morgan fingerprint density at radius 3 is 2.67 bits per heavy atom. The maximum absolute atomic E-state index is 4.74. The highest BCUT2D eigenvalue weighted by atomic mass is 79.9. The van der Waals surface area contributed by atoms with E-state index in [1.165, 1.54) is 16.5 Å². The van der Waals surface area contributed by atoms with Crippen LogP contribution in [0.25, 0.3) is 10.9 Å². The minimum atomic E-state index is 0.276. The van der Waals surface area contributed by atoms with Crippen LogP contribution in [0.2, 0.25) is 0 Å². The van der Waals surface area contributed by atoms with E-state index in [1.54, 1.807) is 0 Å². The molecule has 1 nitrogen and oxygen atoms in total. The number of aromatic nitrogens is 1. The van der Waals surface area contributed by atoms with Crippen LogP contribution in [0, 0.1) is 6.92 Å². The highest BCUT2D eigenvalue weighted by Gasteiger charge is 2.11. The molecule has 0 bridgehead atoms. The van der Waals surface area contributed by atoms with Crippen molar-refractivity contribution in [3.05, 3.63) is 75.9 Å². The van der Waals surface area contributed by atoms with Gasteiger partial charge in [0.25, 0.3) is 0 Å². The van der Waals surface area contributed by atoms with E-state index in [0.29, 0.717) is 0 Å². The zero-order chi connectivity index (χ0) is 14.8. The van der Waals surface area contributed by atoms with E-state index >= 15 is 0 Å². The molecule has 1 unspecified atom stereocenters. The average molecular weight is 405 g/mol. The lowest BCUT2D eigenvalue weighted by molar-refractivity contribution is 0.911. The number of fused-ring (bicyclic) bond motifs is 1. The molecule has 0 aliphatic rings. The van der Waals surface area contributed by atoms with Crippen molar-refractivity contribution in [1.29, 1.82) is 0 Å². The molecule has 21 heavy (non-hydrogen) atoms. The molecule has 3 aromatic rings. The summed E-state index contributed by atoms with van der Waals surface area (Å²) in [5.41, 5.74) is 4.70. The second-order valence-corrected chi connectivity index (χ2v) is 7.14. The van der Waals surface area contributed by atoms with E-state index in [0.717, 1.165) is 22.1 Å². The molecule has 0 saturated carbocycles. The first-order valence-electron chi connectivity index (χ1n) is 6.88. The molecular weight excluding hydrogens is 390 g/mol. The Labute approximate surface area is 141 Å². The van der Waals surface area contributed by atoms with Gasteiger partial charge in [-0.2, -0.15) is 0 Å². The summed E-state index contributed by atoms with van der Waals surface area (Å²) in [5.74, 6) is 0. The van der Waals surface area contributed by atoms with Crippen LogP contribution in [0.4, 0.5) is 0 Å². The number of benzene rings is 2. The van der Waals surface area contributed by atoms with Gasteiger partial charge in [-0.1, -0.05) is 68.3 Å². The molecular formula is C18H15Br2N. The quantitative estimate of drug-likeness (QED) is 0.489. The van der Waals surface area contributed by atoms with Crippen LogP contribution in [-0.4, -0.2) is 4.98 Å². The number of halogens is 2. The number of alkyl halides is 1. The lowest BCUT2D eigenvalue weighted by atomic mass is 10.0. The number of aryl methyl sites for hydroxylation is 1. The van der Waals surface area contributed by atoms with Crippen LogP contribution in [0.15, 0.2) is 59.1 Å². The number of hydrogen-bond donors (Lipinski definition) is 0. The lowest BCUT2D eigenvalue weighted by Crippen LogP contribution is -1.98. The summed E-state index contributed by atoms with van der Waals surface area (Å²) in [5, 5.41) is 1.19. The van der Waals surface area contributed by atoms with Crippen LogP contribution in [0.1, 0.15) is 21.6 Å². The van der Waals surface area contributed by atoms with Gasteiger partial charge in [-0.25, -0.2) is 0 Å². The van der Waals surface area contributed by atoms with Gasteiger partial charge in [0.05, 0.1) is 5.52 Å². The molecule has 0 amide bonds. The number of pyridine rings is 1. The molecule has 106 valence electrons. The van der Waals surface area contributed by atoms with Crippen LogP contribution in [-0.2, 0) is 6.42 Å². The number of hydrogen-bond acceptors (Lipinski definition) is 1. The molecule has 0 spiro atoms. The number of para-hydroxylation sites is 1. The largest absolute Gasteiger partial charge is 0.253 e. The molecule has 0 aliphatic heterocycles. The molecule has 1 heterocycles. The van der Waals surface area contributed by atoms with E-state index in [1.807, 2.05) is 12.1 Å². The van der Waals surface area contributed by atoms with Gasteiger partial charge < -0.3 is 0 Å². The fourth-order valence-electron chi connectivity index (χ4n) is 2.39. The Morgan fingerprint density at radius 1 is 1.05 bits per heavy atom. The van der Waals surface area contributed by atoms with Gasteiger partial charge in [-0.15, -0.1) is 0 Å². The van der Waals surface area contributed by atoms with Gasteiger partial charge in [0.1, 0.15) is 0 Å². The first-order chi connectivity index (χ1) is 10.1. The first-order valence-corrected chi connectivity index (χ1v) is 8.59. The second-order valence-electron chi connectivity index (χ2n) is 5.18. The van der Waals surface area contributed by atoms with E-state index in [2.05, 4.69) is 81.2 Å². The summed E-state index contributed by atoms with van der Waals surface area (Å²) in [6.45, 7) is 2.11. The summed E-state index contributed by atoms with van der Waals surface area (Å²) in [6.07, 6.45) is 0.881. The van der Waals surface area contributed by atoms with Crippen LogP contribution < -0.4 is 0 Å². The van der Waals surface area contributed by atoms with Crippen molar-refractivity contribution in [3.63, 3.8) is 0 Å². The number of rotatable bonds is 3. The summed E-state index contributed by atoms with van der Waals surface area (Å²) >= 11 is 7.33. The molecule has 0 N–H and O–H groups in total. The normalized spacial score (nSPS) is 12.5. The van der Waals surface area contributed by atoms with Crippen molar-refractivity contribution in [2.45, 2.75) is 18.2 Å². The van der Waals surface area contributed by atoms with Crippen LogP contribution in [0.5, 0.6) is 0 Å². The Balaban J connectivity index is 1.85. The molecule has 2 aromatic carbocycles. The topological polar surface area (TPSA) is 12.9 Å². The average Bonchev–Trinajstić information content (AvgIpc) is 2.50. The zero-order valence-corrected chi connectivity index (χ0v) is 14.9. The van der Waals surface area contributed by atoms with Crippen molar-refractivity contribution >= 4 is 42.8 Å². The maximum Gasteiger partial charge on any atom is 0.0705 e. The van der Waals surface area contributed by atoms with Gasteiger partial charge in [0.15, 0.2) is 0 Å². The van der Waals surface area contributed by atoms with Gasteiger partial charge in [-0.05, 0) is 36.2 Å². The van der Waals surface area contributed by atoms with E-state index in [9.17, 15) is 0 Å². The Hall–Kier alpha value is -1.19. The van der Waals surface area contributed by atoms with Gasteiger partial charge in [0.2, 0.25) is 0 Å². The zero-order valence-electron chi connectivity index (χ0n) is 11.7. The monoisotopic (exact) mass is 403 g/mol. The molecule has 3 heteroatoms. The summed E-state index contributed by atoms with van der Waals surface area (Å²) in [4.78, 5) is 5.02. The van der Waals surface area contributed by atoms with Crippen molar-refractivity contribution in [1.82, 2.24) is 4.98 Å². The van der Waals surface area contributed by atoms with Crippen LogP contribution >= 0.6 is 31.9 Å². The molecule has 0 aliphatic carbocycles. The Bertz CT molecular complexity index is 783. The van der Waals surface area contributed by atoms with Crippen molar-refractivity contribution < 1.29 is 0 Å². The second kappa shape index (κ2) is 6.29. The summed E-state index contributed by atoms with van der Waals surface area (Å²) in [6, 6.07) is 19.0. The smallest absolute Gasteiger partial charge is 0.0705 e. The van der Waals surface area contributed by atoms with Crippen LogP contribution in [0.3, 0.4) is 0 Å². The lowest BCUT2D eigenvalue weighted by Gasteiger charge is -2.12. The third-order valence-corrected chi connectivity index (χ3v) is 5.33. The molecule has 1 aromatic heterocycles. The van der Waals surface area contributed by atoms with E-state index < -0.39 is 0 Å². The Kier molecular flexibility index (Phi) is 4.41. The van der Waals surface area contributed by atoms with Gasteiger partial charge in [-0.3, -0.25) is 4.98 Å². The van der Waals surface area contributed by atoms with Crippen molar-refractivity contribution in [2.75, 3.05) is 0 Å². The fraction of sp³-hybridized carbons (Fsp3) is 0.167. The molecule has 0 fully saturated rings. The SMILES string of the molecule is Cc1cc(C(Br)Cc2ccc3ccccc3n2)ccc1Br. The first kappa shape index (κ1) is 14.7.